The largest absolute Gasteiger partial charge is 0.456 e. The summed E-state index contributed by atoms with van der Waals surface area (Å²) in [6, 6.07) is 5.57. The molecule has 25 heavy (non-hydrogen) atoms. The van der Waals surface area contributed by atoms with Crippen molar-refractivity contribution >= 4 is 41.0 Å². The highest BCUT2D eigenvalue weighted by Gasteiger charge is 2.26. The quantitative estimate of drug-likeness (QED) is 0.695. The standard InChI is InChI=1S/C18H24ClNO4S/c1-18(2,3)15(21)11-24-17(23)14(9-10-25-4)20-16(22)12-5-7-13(19)8-6-12/h5-8,14H,9-11H2,1-4H3,(H,20,22)/t14-/m1/s1. The number of halogens is 1. The van der Waals surface area contributed by atoms with Crippen LogP contribution in [0.4, 0.5) is 0 Å². The Balaban J connectivity index is 2.72. The summed E-state index contributed by atoms with van der Waals surface area (Å²) >= 11 is 7.37. The fourth-order valence-corrected chi connectivity index (χ4v) is 2.38. The van der Waals surface area contributed by atoms with Gasteiger partial charge in [-0.2, -0.15) is 11.8 Å². The molecule has 1 aromatic rings. The number of rotatable bonds is 8. The van der Waals surface area contributed by atoms with Gasteiger partial charge in [-0.3, -0.25) is 9.59 Å². The van der Waals surface area contributed by atoms with Gasteiger partial charge in [-0.25, -0.2) is 4.79 Å². The number of carbonyl (C=O) groups excluding carboxylic acids is 3. The van der Waals surface area contributed by atoms with Crippen LogP contribution in [0.25, 0.3) is 0 Å². The molecule has 1 amide bonds. The summed E-state index contributed by atoms with van der Waals surface area (Å²) < 4.78 is 5.11. The molecule has 0 aliphatic carbocycles. The Morgan fingerprint density at radius 2 is 1.80 bits per heavy atom. The van der Waals surface area contributed by atoms with Crippen molar-refractivity contribution in [3.05, 3.63) is 34.9 Å². The summed E-state index contributed by atoms with van der Waals surface area (Å²) in [6.07, 6.45) is 2.33. The van der Waals surface area contributed by atoms with Gasteiger partial charge < -0.3 is 10.1 Å². The van der Waals surface area contributed by atoms with E-state index in [1.54, 1.807) is 56.8 Å². The number of Topliss-reactive ketones (excluding diaryl/α,β-unsaturated/α-hetero) is 1. The van der Waals surface area contributed by atoms with Gasteiger partial charge in [0.05, 0.1) is 0 Å². The van der Waals surface area contributed by atoms with E-state index < -0.39 is 17.4 Å². The molecular formula is C18H24ClNO4S. The minimum Gasteiger partial charge on any atom is -0.456 e. The average Bonchev–Trinajstić information content (AvgIpc) is 2.55. The lowest BCUT2D eigenvalue weighted by atomic mass is 9.91. The molecule has 0 saturated carbocycles. The molecule has 1 aromatic carbocycles. The van der Waals surface area contributed by atoms with Gasteiger partial charge in [0, 0.05) is 16.0 Å². The third-order valence-corrected chi connectivity index (χ3v) is 4.38. The van der Waals surface area contributed by atoms with E-state index in [1.165, 1.54) is 0 Å². The maximum Gasteiger partial charge on any atom is 0.329 e. The Kier molecular flexibility index (Phi) is 8.45. The van der Waals surface area contributed by atoms with Crippen LogP contribution in [0.2, 0.25) is 5.02 Å². The number of ketones is 1. The third kappa shape index (κ3) is 7.48. The normalized spacial score (nSPS) is 12.4. The first kappa shape index (κ1) is 21.5. The molecule has 0 aliphatic heterocycles. The lowest BCUT2D eigenvalue weighted by Gasteiger charge is -2.20. The summed E-state index contributed by atoms with van der Waals surface area (Å²) in [5.41, 5.74) is -0.182. The number of carbonyl (C=O) groups is 3. The first-order chi connectivity index (χ1) is 11.6. The van der Waals surface area contributed by atoms with E-state index in [4.69, 9.17) is 16.3 Å². The molecule has 0 aromatic heterocycles. The second-order valence-corrected chi connectivity index (χ2v) is 8.02. The second-order valence-electron chi connectivity index (χ2n) is 6.60. The summed E-state index contributed by atoms with van der Waals surface area (Å²) in [4.78, 5) is 36.5. The smallest absolute Gasteiger partial charge is 0.329 e. The molecule has 0 heterocycles. The molecule has 1 N–H and O–H groups in total. The SMILES string of the molecule is CSCC[C@@H](NC(=O)c1ccc(Cl)cc1)C(=O)OCC(=O)C(C)(C)C. The van der Waals surface area contributed by atoms with Crippen molar-refractivity contribution in [3.63, 3.8) is 0 Å². The predicted octanol–water partition coefficient (Wildman–Crippen LogP) is 3.35. The molecule has 0 radical (unpaired) electrons. The first-order valence-corrected chi connectivity index (χ1v) is 9.67. The van der Waals surface area contributed by atoms with E-state index in [0.717, 1.165) is 0 Å². The lowest BCUT2D eigenvalue weighted by molar-refractivity contribution is -0.151. The van der Waals surface area contributed by atoms with Crippen LogP contribution in [0, 0.1) is 5.41 Å². The molecule has 0 unspecified atom stereocenters. The Morgan fingerprint density at radius 1 is 1.20 bits per heavy atom. The zero-order valence-electron chi connectivity index (χ0n) is 14.9. The Hall–Kier alpha value is -1.53. The maximum absolute atomic E-state index is 12.3. The van der Waals surface area contributed by atoms with Crippen LogP contribution in [-0.4, -0.2) is 42.3 Å². The number of esters is 1. The van der Waals surface area contributed by atoms with Crippen molar-refractivity contribution in [2.24, 2.45) is 5.41 Å². The van der Waals surface area contributed by atoms with Crippen LogP contribution in [0.3, 0.4) is 0 Å². The molecule has 0 spiro atoms. The molecule has 138 valence electrons. The van der Waals surface area contributed by atoms with Crippen LogP contribution in [0.15, 0.2) is 24.3 Å². The molecule has 0 fully saturated rings. The van der Waals surface area contributed by atoms with E-state index in [9.17, 15) is 14.4 Å². The Bertz CT molecular complexity index is 610. The van der Waals surface area contributed by atoms with Crippen LogP contribution in [0.1, 0.15) is 37.6 Å². The fraction of sp³-hybridized carbons (Fsp3) is 0.500. The minimum atomic E-state index is -0.802. The fourth-order valence-electron chi connectivity index (χ4n) is 1.78. The van der Waals surface area contributed by atoms with E-state index in [0.29, 0.717) is 22.8 Å². The molecule has 7 heteroatoms. The van der Waals surface area contributed by atoms with Gasteiger partial charge in [0.2, 0.25) is 0 Å². The predicted molar refractivity (Wildman–Crippen MR) is 101 cm³/mol. The summed E-state index contributed by atoms with van der Waals surface area (Å²) in [5, 5.41) is 3.19. The number of ether oxygens (including phenoxy) is 1. The van der Waals surface area contributed by atoms with Gasteiger partial charge in [-0.05, 0) is 42.7 Å². The Morgan fingerprint density at radius 3 is 2.32 bits per heavy atom. The van der Waals surface area contributed by atoms with Crippen molar-refractivity contribution in [1.82, 2.24) is 5.32 Å². The molecule has 0 aliphatic rings. The van der Waals surface area contributed by atoms with Gasteiger partial charge >= 0.3 is 5.97 Å². The molecule has 5 nitrogen and oxygen atoms in total. The van der Waals surface area contributed by atoms with Crippen molar-refractivity contribution in [1.29, 1.82) is 0 Å². The van der Waals surface area contributed by atoms with E-state index >= 15 is 0 Å². The maximum atomic E-state index is 12.3. The monoisotopic (exact) mass is 385 g/mol. The average molecular weight is 386 g/mol. The van der Waals surface area contributed by atoms with Crippen LogP contribution >= 0.6 is 23.4 Å². The number of amides is 1. The van der Waals surface area contributed by atoms with E-state index in [-0.39, 0.29) is 18.3 Å². The Labute approximate surface area is 157 Å². The molecule has 1 rings (SSSR count). The third-order valence-electron chi connectivity index (χ3n) is 3.49. The van der Waals surface area contributed by atoms with Gasteiger partial charge in [-0.1, -0.05) is 32.4 Å². The van der Waals surface area contributed by atoms with E-state index in [2.05, 4.69) is 5.32 Å². The lowest BCUT2D eigenvalue weighted by Crippen LogP contribution is -2.43. The molecule has 0 saturated heterocycles. The van der Waals surface area contributed by atoms with Gasteiger partial charge in [0.1, 0.15) is 6.04 Å². The van der Waals surface area contributed by atoms with Gasteiger partial charge in [0.25, 0.3) is 5.91 Å². The number of thioether (sulfide) groups is 1. The van der Waals surface area contributed by atoms with Crippen molar-refractivity contribution < 1.29 is 19.1 Å². The molecule has 1 atom stereocenters. The van der Waals surface area contributed by atoms with Gasteiger partial charge in [0.15, 0.2) is 12.4 Å². The summed E-state index contributed by atoms with van der Waals surface area (Å²) in [5.74, 6) is -0.488. The van der Waals surface area contributed by atoms with Crippen LogP contribution in [-0.2, 0) is 14.3 Å². The van der Waals surface area contributed by atoms with Crippen molar-refractivity contribution in [2.75, 3.05) is 18.6 Å². The number of nitrogens with one attached hydrogen (secondary N) is 1. The highest BCUT2D eigenvalue weighted by molar-refractivity contribution is 7.98. The first-order valence-electron chi connectivity index (χ1n) is 7.90. The number of hydrogen-bond acceptors (Lipinski definition) is 5. The molecular weight excluding hydrogens is 362 g/mol. The van der Waals surface area contributed by atoms with E-state index in [1.807, 2.05) is 6.26 Å². The number of benzene rings is 1. The minimum absolute atomic E-state index is 0.173. The van der Waals surface area contributed by atoms with Gasteiger partial charge in [-0.15, -0.1) is 0 Å². The summed E-state index contributed by atoms with van der Waals surface area (Å²) in [6.45, 7) is 4.99. The zero-order chi connectivity index (χ0) is 19.0. The van der Waals surface area contributed by atoms with Crippen LogP contribution < -0.4 is 5.32 Å². The highest BCUT2D eigenvalue weighted by atomic mass is 35.5. The van der Waals surface area contributed by atoms with Crippen molar-refractivity contribution in [2.45, 2.75) is 33.2 Å². The van der Waals surface area contributed by atoms with Crippen LogP contribution in [0.5, 0.6) is 0 Å². The topological polar surface area (TPSA) is 72.5 Å². The highest BCUT2D eigenvalue weighted by Crippen LogP contribution is 2.15. The second kappa shape index (κ2) is 9.82. The summed E-state index contributed by atoms with van der Waals surface area (Å²) in [7, 11) is 0. The van der Waals surface area contributed by atoms with Crippen molar-refractivity contribution in [3.8, 4) is 0 Å². The molecule has 0 bridgehead atoms. The zero-order valence-corrected chi connectivity index (χ0v) is 16.5. The number of hydrogen-bond donors (Lipinski definition) is 1.